The number of hydrogen-bond donors (Lipinski definition) is 1. The summed E-state index contributed by atoms with van der Waals surface area (Å²) < 4.78 is 12.6. The summed E-state index contributed by atoms with van der Waals surface area (Å²) in [4.78, 5) is 14.9. The largest absolute Gasteiger partial charge is 0.272 e. The van der Waals surface area contributed by atoms with Gasteiger partial charge in [-0.25, -0.2) is 14.8 Å². The Bertz CT molecular complexity index is 456. The van der Waals surface area contributed by atoms with E-state index in [9.17, 15) is 9.18 Å². The van der Waals surface area contributed by atoms with Gasteiger partial charge in [0.2, 0.25) is 5.17 Å². The van der Waals surface area contributed by atoms with Gasteiger partial charge in [-0.15, -0.1) is 5.10 Å². The first-order chi connectivity index (χ1) is 7.74. The van der Waals surface area contributed by atoms with E-state index in [2.05, 4.69) is 15.5 Å². The standard InChI is InChI=1S/C10H8FN3OS/c11-8-3-1-7(2-4-8)5-12-10-14-13-9(15)6-16-10/h1-5H,6H2,(H,13,15)/b12-5+. The van der Waals surface area contributed by atoms with Crippen molar-refractivity contribution in [2.24, 2.45) is 10.1 Å². The summed E-state index contributed by atoms with van der Waals surface area (Å²) in [6.45, 7) is 0. The van der Waals surface area contributed by atoms with Crippen LogP contribution in [-0.4, -0.2) is 23.0 Å². The van der Waals surface area contributed by atoms with Crippen LogP contribution in [0, 0.1) is 5.82 Å². The molecule has 6 heteroatoms. The zero-order valence-electron chi connectivity index (χ0n) is 8.18. The Labute approximate surface area is 95.6 Å². The average molecular weight is 237 g/mol. The van der Waals surface area contributed by atoms with Crippen LogP contribution in [0.4, 0.5) is 4.39 Å². The van der Waals surface area contributed by atoms with Crippen molar-refractivity contribution in [2.75, 3.05) is 5.75 Å². The second-order valence-corrected chi connectivity index (χ2v) is 3.97. The van der Waals surface area contributed by atoms with Gasteiger partial charge in [-0.1, -0.05) is 23.9 Å². The number of carbonyl (C=O) groups is 1. The first kappa shape index (κ1) is 10.8. The van der Waals surface area contributed by atoms with Crippen LogP contribution in [0.15, 0.2) is 34.4 Å². The number of aliphatic imine (C=N–C) groups is 1. The van der Waals surface area contributed by atoms with Crippen molar-refractivity contribution in [3.8, 4) is 0 Å². The number of amidine groups is 1. The molecule has 1 aromatic carbocycles. The lowest BCUT2D eigenvalue weighted by Gasteiger charge is -2.06. The molecule has 0 aliphatic carbocycles. The third kappa shape index (κ3) is 2.90. The lowest BCUT2D eigenvalue weighted by molar-refractivity contribution is -0.118. The minimum absolute atomic E-state index is 0.134. The first-order valence-electron chi connectivity index (χ1n) is 4.53. The highest BCUT2D eigenvalue weighted by Gasteiger charge is 2.10. The van der Waals surface area contributed by atoms with Crippen LogP contribution in [0.2, 0.25) is 0 Å². The van der Waals surface area contributed by atoms with Crippen molar-refractivity contribution in [3.05, 3.63) is 35.6 Å². The molecule has 4 nitrogen and oxygen atoms in total. The third-order valence-corrected chi connectivity index (χ3v) is 2.66. The molecule has 0 bridgehead atoms. The molecule has 2 rings (SSSR count). The number of halogens is 1. The summed E-state index contributed by atoms with van der Waals surface area (Å²) in [6.07, 6.45) is 1.57. The summed E-state index contributed by atoms with van der Waals surface area (Å²) in [6, 6.07) is 5.95. The van der Waals surface area contributed by atoms with Gasteiger partial charge in [-0.3, -0.25) is 4.79 Å². The molecule has 1 amide bonds. The number of thioether (sulfide) groups is 1. The second-order valence-electron chi connectivity index (χ2n) is 3.03. The SMILES string of the molecule is O=C1CSC(/N=C/c2ccc(F)cc2)=NN1. The molecule has 82 valence electrons. The average Bonchev–Trinajstić information content (AvgIpc) is 2.30. The molecule has 1 N–H and O–H groups in total. The van der Waals surface area contributed by atoms with E-state index in [0.29, 0.717) is 10.9 Å². The van der Waals surface area contributed by atoms with Gasteiger partial charge in [0, 0.05) is 6.21 Å². The summed E-state index contributed by atoms with van der Waals surface area (Å²) in [5.41, 5.74) is 3.11. The van der Waals surface area contributed by atoms with Gasteiger partial charge in [-0.2, -0.15) is 0 Å². The highest BCUT2D eigenvalue weighted by molar-refractivity contribution is 8.14. The van der Waals surface area contributed by atoms with Gasteiger partial charge in [0.25, 0.3) is 5.91 Å². The van der Waals surface area contributed by atoms with Crippen molar-refractivity contribution in [3.63, 3.8) is 0 Å². The van der Waals surface area contributed by atoms with Gasteiger partial charge in [0.15, 0.2) is 0 Å². The van der Waals surface area contributed by atoms with E-state index in [-0.39, 0.29) is 11.7 Å². The van der Waals surface area contributed by atoms with Gasteiger partial charge < -0.3 is 0 Å². The fourth-order valence-corrected chi connectivity index (χ4v) is 1.61. The topological polar surface area (TPSA) is 53.8 Å². The predicted molar refractivity (Wildman–Crippen MR) is 62.0 cm³/mol. The molecule has 1 heterocycles. The number of benzene rings is 1. The molecule has 0 saturated carbocycles. The Balaban J connectivity index is 2.04. The van der Waals surface area contributed by atoms with Crippen molar-refractivity contribution >= 4 is 29.1 Å². The zero-order chi connectivity index (χ0) is 11.4. The Morgan fingerprint density at radius 3 is 2.81 bits per heavy atom. The molecule has 16 heavy (non-hydrogen) atoms. The Morgan fingerprint density at radius 1 is 1.44 bits per heavy atom. The first-order valence-corrected chi connectivity index (χ1v) is 5.51. The lowest BCUT2D eigenvalue weighted by atomic mass is 10.2. The molecular formula is C10H8FN3OS. The fraction of sp³-hybridized carbons (Fsp3) is 0.100. The Morgan fingerprint density at radius 2 is 2.19 bits per heavy atom. The molecule has 0 unspecified atom stereocenters. The maximum atomic E-state index is 12.6. The Hall–Kier alpha value is -1.69. The van der Waals surface area contributed by atoms with Gasteiger partial charge in [-0.05, 0) is 17.7 Å². The number of hydrogen-bond acceptors (Lipinski definition) is 4. The predicted octanol–water partition coefficient (Wildman–Crippen LogP) is 1.38. The van der Waals surface area contributed by atoms with Crippen molar-refractivity contribution in [1.82, 2.24) is 5.43 Å². The van der Waals surface area contributed by atoms with Crippen molar-refractivity contribution in [2.45, 2.75) is 0 Å². The second kappa shape index (κ2) is 4.89. The normalized spacial score (nSPS) is 16.1. The number of nitrogens with zero attached hydrogens (tertiary/aromatic N) is 2. The van der Waals surface area contributed by atoms with E-state index in [1.807, 2.05) is 0 Å². The van der Waals surface area contributed by atoms with Crippen LogP contribution >= 0.6 is 11.8 Å². The zero-order valence-corrected chi connectivity index (χ0v) is 9.00. The number of hydrazone groups is 1. The van der Waals surface area contributed by atoms with E-state index in [0.717, 1.165) is 5.56 Å². The number of rotatable bonds is 1. The van der Waals surface area contributed by atoms with Gasteiger partial charge >= 0.3 is 0 Å². The van der Waals surface area contributed by atoms with Crippen LogP contribution in [-0.2, 0) is 4.79 Å². The van der Waals surface area contributed by atoms with Gasteiger partial charge in [0.05, 0.1) is 5.75 Å². The summed E-state index contributed by atoms with van der Waals surface area (Å²) in [5, 5.41) is 4.24. The quantitative estimate of drug-likeness (QED) is 0.750. The molecule has 0 radical (unpaired) electrons. The van der Waals surface area contributed by atoms with Crippen LogP contribution in [0.5, 0.6) is 0 Å². The van der Waals surface area contributed by atoms with Crippen LogP contribution in [0.25, 0.3) is 0 Å². The number of nitrogens with one attached hydrogen (secondary N) is 1. The molecular weight excluding hydrogens is 229 g/mol. The molecule has 0 atom stereocenters. The van der Waals surface area contributed by atoms with Crippen LogP contribution < -0.4 is 5.43 Å². The molecule has 1 aliphatic heterocycles. The molecule has 0 fully saturated rings. The highest BCUT2D eigenvalue weighted by atomic mass is 32.2. The van der Waals surface area contributed by atoms with E-state index >= 15 is 0 Å². The summed E-state index contributed by atoms with van der Waals surface area (Å²) in [7, 11) is 0. The lowest BCUT2D eigenvalue weighted by Crippen LogP contribution is -2.25. The maximum Gasteiger partial charge on any atom is 0.250 e. The van der Waals surface area contributed by atoms with E-state index in [1.165, 1.54) is 23.9 Å². The van der Waals surface area contributed by atoms with Gasteiger partial charge in [0.1, 0.15) is 5.82 Å². The van der Waals surface area contributed by atoms with Crippen molar-refractivity contribution < 1.29 is 9.18 Å². The Kier molecular flexibility index (Phi) is 3.31. The summed E-state index contributed by atoms with van der Waals surface area (Å²) in [5.74, 6) is -0.0981. The maximum absolute atomic E-state index is 12.6. The van der Waals surface area contributed by atoms with E-state index in [1.54, 1.807) is 18.3 Å². The fourth-order valence-electron chi connectivity index (χ4n) is 1.05. The molecule has 0 spiro atoms. The van der Waals surface area contributed by atoms with E-state index < -0.39 is 0 Å². The van der Waals surface area contributed by atoms with Crippen molar-refractivity contribution in [1.29, 1.82) is 0 Å². The molecule has 0 aromatic heterocycles. The van der Waals surface area contributed by atoms with Crippen LogP contribution in [0.3, 0.4) is 0 Å². The number of carbonyl (C=O) groups excluding carboxylic acids is 1. The van der Waals surface area contributed by atoms with E-state index in [4.69, 9.17) is 0 Å². The minimum atomic E-state index is -0.284. The molecule has 0 saturated heterocycles. The monoisotopic (exact) mass is 237 g/mol. The molecule has 1 aliphatic rings. The minimum Gasteiger partial charge on any atom is -0.272 e. The number of amides is 1. The van der Waals surface area contributed by atoms with Crippen LogP contribution in [0.1, 0.15) is 5.56 Å². The highest BCUT2D eigenvalue weighted by Crippen LogP contribution is 2.09. The summed E-state index contributed by atoms with van der Waals surface area (Å²) >= 11 is 1.26. The third-order valence-electron chi connectivity index (χ3n) is 1.80. The smallest absolute Gasteiger partial charge is 0.250 e. The molecule has 1 aromatic rings.